The summed E-state index contributed by atoms with van der Waals surface area (Å²) < 4.78 is 16.2. The number of hydrogen-bond acceptors (Lipinski definition) is 5. The molecule has 0 spiro atoms. The molecule has 0 saturated carbocycles. The van der Waals surface area contributed by atoms with Crippen molar-refractivity contribution in [3.63, 3.8) is 0 Å². The van der Waals surface area contributed by atoms with Crippen LogP contribution in [0.2, 0.25) is 0 Å². The molecule has 0 unspecified atom stereocenters. The molecule has 0 aromatic heterocycles. The summed E-state index contributed by atoms with van der Waals surface area (Å²) in [4.78, 5) is 23.4. The van der Waals surface area contributed by atoms with Crippen molar-refractivity contribution in [2.75, 3.05) is 13.2 Å². The lowest BCUT2D eigenvalue weighted by molar-refractivity contribution is -0.171. The van der Waals surface area contributed by atoms with Crippen LogP contribution in [-0.4, -0.2) is 37.4 Å². The smallest absolute Gasteiger partial charge is 0.306 e. The third kappa shape index (κ3) is 8.37. The van der Waals surface area contributed by atoms with E-state index in [0.717, 1.165) is 38.5 Å². The van der Waals surface area contributed by atoms with Gasteiger partial charge in [0.2, 0.25) is 0 Å². The largest absolute Gasteiger partial charge is 0.460 e. The van der Waals surface area contributed by atoms with Crippen LogP contribution < -0.4 is 0 Å². The van der Waals surface area contributed by atoms with Gasteiger partial charge in [0.25, 0.3) is 0 Å². The van der Waals surface area contributed by atoms with E-state index in [1.807, 2.05) is 0 Å². The molecular formula is C17H30O5. The maximum Gasteiger partial charge on any atom is 0.306 e. The molecule has 1 rings (SSSR count). The van der Waals surface area contributed by atoms with Gasteiger partial charge >= 0.3 is 11.9 Å². The van der Waals surface area contributed by atoms with Crippen LogP contribution in [0, 0.1) is 0 Å². The zero-order chi connectivity index (χ0) is 16.2. The van der Waals surface area contributed by atoms with E-state index in [-0.39, 0.29) is 24.1 Å². The lowest BCUT2D eigenvalue weighted by atomic mass is 10.1. The van der Waals surface area contributed by atoms with E-state index < -0.39 is 0 Å². The number of esters is 2. The minimum absolute atomic E-state index is 0.183. The summed E-state index contributed by atoms with van der Waals surface area (Å²) in [6.07, 6.45) is 6.80. The molecule has 1 saturated heterocycles. The molecule has 0 aromatic rings. The Kier molecular flexibility index (Phi) is 9.87. The van der Waals surface area contributed by atoms with Gasteiger partial charge in [0, 0.05) is 19.3 Å². The van der Waals surface area contributed by atoms with Crippen LogP contribution in [0.4, 0.5) is 0 Å². The topological polar surface area (TPSA) is 61.8 Å². The average Bonchev–Trinajstić information content (AvgIpc) is 2.48. The molecule has 2 atom stereocenters. The van der Waals surface area contributed by atoms with E-state index in [4.69, 9.17) is 14.2 Å². The highest BCUT2D eigenvalue weighted by Crippen LogP contribution is 2.16. The number of carbonyl (C=O) groups excluding carboxylic acids is 2. The van der Waals surface area contributed by atoms with Gasteiger partial charge in [-0.1, -0.05) is 39.5 Å². The Morgan fingerprint density at radius 2 is 1.32 bits per heavy atom. The van der Waals surface area contributed by atoms with Gasteiger partial charge in [0.1, 0.15) is 12.2 Å². The second-order valence-electron chi connectivity index (χ2n) is 5.91. The Labute approximate surface area is 133 Å². The molecule has 0 bridgehead atoms. The van der Waals surface area contributed by atoms with Crippen molar-refractivity contribution in [3.8, 4) is 0 Å². The summed E-state index contributed by atoms with van der Waals surface area (Å²) in [5, 5.41) is 0. The van der Waals surface area contributed by atoms with Gasteiger partial charge in [-0.25, -0.2) is 0 Å². The van der Waals surface area contributed by atoms with Crippen molar-refractivity contribution < 1.29 is 23.8 Å². The normalized spacial score (nSPS) is 21.4. The predicted molar refractivity (Wildman–Crippen MR) is 83.5 cm³/mol. The molecule has 0 N–H and O–H groups in total. The first kappa shape index (κ1) is 18.9. The van der Waals surface area contributed by atoms with Crippen LogP contribution in [0.3, 0.4) is 0 Å². The van der Waals surface area contributed by atoms with Crippen LogP contribution in [-0.2, 0) is 23.8 Å². The zero-order valence-electron chi connectivity index (χ0n) is 14.0. The molecule has 5 nitrogen and oxygen atoms in total. The number of hydrogen-bond donors (Lipinski definition) is 0. The summed E-state index contributed by atoms with van der Waals surface area (Å²) in [5.74, 6) is -0.367. The van der Waals surface area contributed by atoms with Gasteiger partial charge < -0.3 is 14.2 Å². The first-order valence-electron chi connectivity index (χ1n) is 8.62. The van der Waals surface area contributed by atoms with Crippen molar-refractivity contribution in [2.45, 2.75) is 83.8 Å². The number of ether oxygens (including phenoxy) is 3. The van der Waals surface area contributed by atoms with Crippen molar-refractivity contribution in [1.82, 2.24) is 0 Å². The van der Waals surface area contributed by atoms with E-state index in [9.17, 15) is 9.59 Å². The molecule has 1 aliphatic heterocycles. The van der Waals surface area contributed by atoms with Crippen LogP contribution >= 0.6 is 0 Å². The van der Waals surface area contributed by atoms with Crippen molar-refractivity contribution >= 4 is 11.9 Å². The Bertz CT molecular complexity index is 299. The molecule has 5 heteroatoms. The van der Waals surface area contributed by atoms with Crippen LogP contribution in [0.5, 0.6) is 0 Å². The van der Waals surface area contributed by atoms with Gasteiger partial charge in [0.05, 0.1) is 13.2 Å². The minimum Gasteiger partial charge on any atom is -0.460 e. The van der Waals surface area contributed by atoms with Gasteiger partial charge in [-0.15, -0.1) is 0 Å². The highest BCUT2D eigenvalue weighted by Gasteiger charge is 2.27. The van der Waals surface area contributed by atoms with E-state index in [0.29, 0.717) is 32.5 Å². The maximum absolute atomic E-state index is 11.7. The lowest BCUT2D eigenvalue weighted by Gasteiger charge is -2.28. The summed E-state index contributed by atoms with van der Waals surface area (Å²) in [5.41, 5.74) is 0. The molecular weight excluding hydrogens is 284 g/mol. The van der Waals surface area contributed by atoms with Gasteiger partial charge in [-0.05, 0) is 12.8 Å². The zero-order valence-corrected chi connectivity index (χ0v) is 14.0. The average molecular weight is 314 g/mol. The summed E-state index contributed by atoms with van der Waals surface area (Å²) in [6.45, 7) is 4.98. The second-order valence-corrected chi connectivity index (χ2v) is 5.91. The monoisotopic (exact) mass is 314 g/mol. The molecule has 1 aliphatic rings. The van der Waals surface area contributed by atoms with Crippen molar-refractivity contribution in [3.05, 3.63) is 0 Å². The third-order valence-corrected chi connectivity index (χ3v) is 3.70. The Hall–Kier alpha value is -1.10. The Morgan fingerprint density at radius 1 is 0.864 bits per heavy atom. The van der Waals surface area contributed by atoms with E-state index >= 15 is 0 Å². The number of carbonyl (C=O) groups is 2. The number of unbranched alkanes of at least 4 members (excludes halogenated alkanes) is 4. The molecule has 1 fully saturated rings. The van der Waals surface area contributed by atoms with Crippen LogP contribution in [0.15, 0.2) is 0 Å². The quantitative estimate of drug-likeness (QED) is 0.457. The highest BCUT2D eigenvalue weighted by atomic mass is 16.6. The molecule has 0 amide bonds. The fraction of sp³-hybridized carbons (Fsp3) is 0.882. The molecule has 22 heavy (non-hydrogen) atoms. The van der Waals surface area contributed by atoms with Gasteiger partial charge in [0.15, 0.2) is 0 Å². The number of rotatable bonds is 10. The second kappa shape index (κ2) is 11.5. The molecule has 0 aliphatic carbocycles. The predicted octanol–water partition coefficient (Wildman–Crippen LogP) is 3.39. The summed E-state index contributed by atoms with van der Waals surface area (Å²) in [7, 11) is 0. The highest BCUT2D eigenvalue weighted by molar-refractivity contribution is 5.70. The molecule has 128 valence electrons. The minimum atomic E-state index is -0.295. The maximum atomic E-state index is 11.7. The SMILES string of the molecule is CCCCCC(=O)O[C@@H]1COC[C@H](OC(=O)CCCCC)C1. The third-order valence-electron chi connectivity index (χ3n) is 3.70. The van der Waals surface area contributed by atoms with E-state index in [2.05, 4.69) is 13.8 Å². The van der Waals surface area contributed by atoms with Crippen molar-refractivity contribution in [2.24, 2.45) is 0 Å². The van der Waals surface area contributed by atoms with Crippen LogP contribution in [0.1, 0.15) is 71.6 Å². The van der Waals surface area contributed by atoms with Gasteiger partial charge in [-0.3, -0.25) is 9.59 Å². The van der Waals surface area contributed by atoms with E-state index in [1.165, 1.54) is 0 Å². The fourth-order valence-corrected chi connectivity index (χ4v) is 2.45. The lowest BCUT2D eigenvalue weighted by Crippen LogP contribution is -2.38. The Morgan fingerprint density at radius 3 is 1.73 bits per heavy atom. The standard InChI is InChI=1S/C17H30O5/c1-3-5-7-9-16(18)21-14-11-15(13-20-12-14)22-17(19)10-8-6-4-2/h14-15H,3-13H2,1-2H3/t14-,15+. The Balaban J connectivity index is 2.23. The summed E-state index contributed by atoms with van der Waals surface area (Å²) in [6, 6.07) is 0. The first-order valence-corrected chi connectivity index (χ1v) is 8.62. The molecule has 0 radical (unpaired) electrons. The fourth-order valence-electron chi connectivity index (χ4n) is 2.45. The summed E-state index contributed by atoms with van der Waals surface area (Å²) >= 11 is 0. The molecule has 0 aromatic carbocycles. The van der Waals surface area contributed by atoms with Gasteiger partial charge in [-0.2, -0.15) is 0 Å². The van der Waals surface area contributed by atoms with Crippen molar-refractivity contribution in [1.29, 1.82) is 0 Å². The molecule has 1 heterocycles. The van der Waals surface area contributed by atoms with Crippen LogP contribution in [0.25, 0.3) is 0 Å². The first-order chi connectivity index (χ1) is 10.7. The van der Waals surface area contributed by atoms with E-state index in [1.54, 1.807) is 0 Å².